The highest BCUT2D eigenvalue weighted by molar-refractivity contribution is 5.88. The lowest BCUT2D eigenvalue weighted by molar-refractivity contribution is -0.137. The quantitative estimate of drug-likeness (QED) is 0.721. The number of pyridine rings is 1. The van der Waals surface area contributed by atoms with Gasteiger partial charge in [-0.25, -0.2) is 4.98 Å². The Morgan fingerprint density at radius 1 is 0.864 bits per heavy atom. The topological polar surface area (TPSA) is 90.7 Å². The van der Waals surface area contributed by atoms with Crippen LogP contribution in [-0.2, 0) is 6.18 Å². The molecule has 3 aromatic rings. The number of alkyl halides is 3. The van der Waals surface area contributed by atoms with E-state index in [-0.39, 0.29) is 28.7 Å². The molecule has 0 saturated heterocycles. The number of hydrogen-bond donors (Lipinski definition) is 2. The minimum absolute atomic E-state index is 0.0346. The molecular weight excluding hydrogens is 295 g/mol. The first-order valence-electron chi connectivity index (χ1n) is 6.22. The van der Waals surface area contributed by atoms with Crippen LogP contribution < -0.4 is 11.5 Å². The molecule has 0 radical (unpaired) electrons. The minimum atomic E-state index is -4.48. The zero-order valence-electron chi connectivity index (χ0n) is 11.1. The van der Waals surface area contributed by atoms with Crippen molar-refractivity contribution in [2.75, 3.05) is 11.5 Å². The van der Waals surface area contributed by atoms with Gasteiger partial charge in [-0.05, 0) is 18.2 Å². The second kappa shape index (κ2) is 4.83. The Balaban J connectivity index is 2.24. The third-order valence-electron chi connectivity index (χ3n) is 3.11. The lowest BCUT2D eigenvalue weighted by Crippen LogP contribution is -2.07. The van der Waals surface area contributed by atoms with Crippen molar-refractivity contribution < 1.29 is 13.2 Å². The normalized spacial score (nSPS) is 11.8. The Kier molecular flexibility index (Phi) is 3.09. The van der Waals surface area contributed by atoms with Gasteiger partial charge in [0.1, 0.15) is 5.82 Å². The molecule has 1 aromatic carbocycles. The smallest absolute Gasteiger partial charge is 0.383 e. The number of rotatable bonds is 1. The molecular formula is C14H10F3N5. The summed E-state index contributed by atoms with van der Waals surface area (Å²) in [6.07, 6.45) is -4.48. The van der Waals surface area contributed by atoms with Gasteiger partial charge in [-0.1, -0.05) is 18.2 Å². The first-order chi connectivity index (χ1) is 10.4. The maximum atomic E-state index is 13.1. The van der Waals surface area contributed by atoms with E-state index >= 15 is 0 Å². The predicted octanol–water partition coefficient (Wildman–Crippen LogP) is 2.88. The van der Waals surface area contributed by atoms with Crippen LogP contribution in [0.4, 0.5) is 24.9 Å². The average Bonchev–Trinajstić information content (AvgIpc) is 2.45. The minimum Gasteiger partial charge on any atom is -0.383 e. The molecule has 2 heterocycles. The number of halogens is 3. The maximum Gasteiger partial charge on any atom is 0.417 e. The Hall–Kier alpha value is -2.90. The van der Waals surface area contributed by atoms with Crippen LogP contribution in [0.2, 0.25) is 0 Å². The van der Waals surface area contributed by atoms with Crippen molar-refractivity contribution in [1.29, 1.82) is 0 Å². The number of nitrogen functional groups attached to an aromatic ring is 2. The number of benzene rings is 1. The third-order valence-corrected chi connectivity index (χ3v) is 3.11. The predicted molar refractivity (Wildman–Crippen MR) is 76.6 cm³/mol. The highest BCUT2D eigenvalue weighted by Crippen LogP contribution is 2.36. The molecule has 0 saturated carbocycles. The third kappa shape index (κ3) is 2.39. The number of nitrogens with zero attached hydrogens (tertiary/aromatic N) is 3. The summed E-state index contributed by atoms with van der Waals surface area (Å²) in [5.74, 6) is 0.0458. The number of anilines is 2. The van der Waals surface area contributed by atoms with E-state index in [1.165, 1.54) is 30.3 Å². The Labute approximate surface area is 122 Å². The van der Waals surface area contributed by atoms with E-state index in [0.29, 0.717) is 5.39 Å². The zero-order chi connectivity index (χ0) is 15.9. The van der Waals surface area contributed by atoms with Crippen LogP contribution in [0.15, 0.2) is 36.4 Å². The van der Waals surface area contributed by atoms with E-state index in [4.69, 9.17) is 11.5 Å². The number of hydrogen-bond acceptors (Lipinski definition) is 5. The highest BCUT2D eigenvalue weighted by atomic mass is 19.4. The van der Waals surface area contributed by atoms with Gasteiger partial charge in [-0.3, -0.25) is 0 Å². The zero-order valence-corrected chi connectivity index (χ0v) is 11.1. The van der Waals surface area contributed by atoms with Gasteiger partial charge in [0.15, 0.2) is 5.65 Å². The molecule has 0 amide bonds. The highest BCUT2D eigenvalue weighted by Gasteiger charge is 2.33. The van der Waals surface area contributed by atoms with Crippen molar-refractivity contribution >= 4 is 22.8 Å². The summed E-state index contributed by atoms with van der Waals surface area (Å²) in [6.45, 7) is 0. The summed E-state index contributed by atoms with van der Waals surface area (Å²) in [5, 5.41) is 0.433. The molecule has 0 spiro atoms. The summed E-state index contributed by atoms with van der Waals surface area (Å²) in [4.78, 5) is 11.8. The molecule has 3 rings (SSSR count). The molecule has 4 N–H and O–H groups in total. The monoisotopic (exact) mass is 305 g/mol. The summed E-state index contributed by atoms with van der Waals surface area (Å²) in [6, 6.07) is 8.17. The Morgan fingerprint density at radius 3 is 2.32 bits per heavy atom. The molecule has 0 aliphatic heterocycles. The fraction of sp³-hybridized carbons (Fsp3) is 0.0714. The molecule has 0 atom stereocenters. The summed E-state index contributed by atoms with van der Waals surface area (Å²) in [7, 11) is 0. The second-order valence-electron chi connectivity index (χ2n) is 4.58. The first kappa shape index (κ1) is 14.1. The van der Waals surface area contributed by atoms with E-state index < -0.39 is 11.7 Å². The molecule has 0 fully saturated rings. The Bertz CT molecular complexity index is 861. The second-order valence-corrected chi connectivity index (χ2v) is 4.58. The lowest BCUT2D eigenvalue weighted by Gasteiger charge is -2.12. The van der Waals surface area contributed by atoms with E-state index in [0.717, 1.165) is 6.07 Å². The molecule has 5 nitrogen and oxygen atoms in total. The van der Waals surface area contributed by atoms with Crippen molar-refractivity contribution in [3.8, 4) is 11.3 Å². The summed E-state index contributed by atoms with van der Waals surface area (Å²) < 4.78 is 39.2. The van der Waals surface area contributed by atoms with Crippen LogP contribution in [-0.4, -0.2) is 15.0 Å². The fourth-order valence-electron chi connectivity index (χ4n) is 2.15. The molecule has 2 aromatic heterocycles. The van der Waals surface area contributed by atoms with E-state index in [2.05, 4.69) is 15.0 Å². The maximum absolute atomic E-state index is 13.1. The van der Waals surface area contributed by atoms with Crippen LogP contribution in [0.1, 0.15) is 5.56 Å². The van der Waals surface area contributed by atoms with Gasteiger partial charge in [-0.2, -0.15) is 23.1 Å². The molecule has 0 unspecified atom stereocenters. The molecule has 22 heavy (non-hydrogen) atoms. The van der Waals surface area contributed by atoms with E-state index in [1.807, 2.05) is 0 Å². The SMILES string of the molecule is Nc1nc(N)c2ccc(-c3ccccc3C(F)(F)F)nc2n1. The van der Waals surface area contributed by atoms with E-state index in [1.54, 1.807) is 0 Å². The van der Waals surface area contributed by atoms with Gasteiger partial charge in [0.05, 0.1) is 16.6 Å². The molecule has 0 bridgehead atoms. The van der Waals surface area contributed by atoms with Crippen molar-refractivity contribution in [1.82, 2.24) is 15.0 Å². The Morgan fingerprint density at radius 2 is 1.59 bits per heavy atom. The van der Waals surface area contributed by atoms with Crippen LogP contribution in [0.3, 0.4) is 0 Å². The van der Waals surface area contributed by atoms with Crippen LogP contribution in [0.5, 0.6) is 0 Å². The molecule has 8 heteroatoms. The van der Waals surface area contributed by atoms with Gasteiger partial charge in [0, 0.05) is 5.56 Å². The standard InChI is InChI=1S/C14H10F3N5/c15-14(16,17)9-4-2-1-3-7(9)10-6-5-8-11(18)21-13(19)22-12(8)20-10/h1-6H,(H4,18,19,20,21,22). The van der Waals surface area contributed by atoms with E-state index in [9.17, 15) is 13.2 Å². The van der Waals surface area contributed by atoms with Crippen LogP contribution in [0.25, 0.3) is 22.3 Å². The fourth-order valence-corrected chi connectivity index (χ4v) is 2.15. The largest absolute Gasteiger partial charge is 0.417 e. The van der Waals surface area contributed by atoms with Gasteiger partial charge in [-0.15, -0.1) is 0 Å². The number of fused-ring (bicyclic) bond motifs is 1. The molecule has 0 aliphatic rings. The van der Waals surface area contributed by atoms with Crippen molar-refractivity contribution in [2.45, 2.75) is 6.18 Å². The van der Waals surface area contributed by atoms with Gasteiger partial charge in [0.2, 0.25) is 5.95 Å². The number of nitrogens with two attached hydrogens (primary N) is 2. The summed E-state index contributed by atoms with van der Waals surface area (Å²) in [5.41, 5.74) is 10.7. The lowest BCUT2D eigenvalue weighted by atomic mass is 10.0. The molecule has 0 aliphatic carbocycles. The van der Waals surface area contributed by atoms with Crippen LogP contribution in [0, 0.1) is 0 Å². The summed E-state index contributed by atoms with van der Waals surface area (Å²) >= 11 is 0. The average molecular weight is 305 g/mol. The van der Waals surface area contributed by atoms with Gasteiger partial charge >= 0.3 is 6.18 Å². The first-order valence-corrected chi connectivity index (χ1v) is 6.22. The van der Waals surface area contributed by atoms with Crippen LogP contribution >= 0.6 is 0 Å². The number of aromatic nitrogens is 3. The van der Waals surface area contributed by atoms with Crippen molar-refractivity contribution in [3.63, 3.8) is 0 Å². The van der Waals surface area contributed by atoms with Gasteiger partial charge in [0.25, 0.3) is 0 Å². The van der Waals surface area contributed by atoms with Crippen molar-refractivity contribution in [3.05, 3.63) is 42.0 Å². The van der Waals surface area contributed by atoms with Crippen molar-refractivity contribution in [2.24, 2.45) is 0 Å². The van der Waals surface area contributed by atoms with Gasteiger partial charge < -0.3 is 11.5 Å². The molecule has 112 valence electrons.